The lowest BCUT2D eigenvalue weighted by Crippen LogP contribution is -2.29. The molecule has 2 N–H and O–H groups in total. The van der Waals surface area contributed by atoms with Gasteiger partial charge in [-0.15, -0.1) is 0 Å². The quantitative estimate of drug-likeness (QED) is 0.804. The number of nitrogens with one attached hydrogen (secondary N) is 1. The van der Waals surface area contributed by atoms with Gasteiger partial charge in [0.25, 0.3) is 0 Å². The van der Waals surface area contributed by atoms with Crippen molar-refractivity contribution in [2.75, 3.05) is 5.32 Å². The van der Waals surface area contributed by atoms with Crippen LogP contribution in [0.15, 0.2) is 48.5 Å². The molecule has 4 heteroatoms. The van der Waals surface area contributed by atoms with Crippen molar-refractivity contribution in [1.82, 2.24) is 0 Å². The average Bonchev–Trinajstić information content (AvgIpc) is 2.49. The van der Waals surface area contributed by atoms with Crippen molar-refractivity contribution in [2.45, 2.75) is 26.3 Å². The first-order valence-corrected chi connectivity index (χ1v) is 7.11. The van der Waals surface area contributed by atoms with Crippen LogP contribution in [0, 0.1) is 0 Å². The summed E-state index contributed by atoms with van der Waals surface area (Å²) in [5.74, 6) is 0.249. The molecule has 0 amide bonds. The second-order valence-corrected chi connectivity index (χ2v) is 5.31. The Morgan fingerprint density at radius 3 is 2.09 bits per heavy atom. The minimum absolute atomic E-state index is 0.0127. The number of aromatic hydroxyl groups is 1. The molecule has 114 valence electrons. The number of hydrogen-bond acceptors (Lipinski definition) is 4. The summed E-state index contributed by atoms with van der Waals surface area (Å²) in [7, 11) is 0. The normalized spacial score (nSPS) is 11.7. The van der Waals surface area contributed by atoms with Gasteiger partial charge in [0.2, 0.25) is 0 Å². The molecule has 1 atom stereocenters. The lowest BCUT2D eigenvalue weighted by molar-refractivity contribution is -0.117. The SMILES string of the molecule is CC(=O)c1ccc(NC(Cc2ccc(O)cc2)C(C)=O)cc1. The summed E-state index contributed by atoms with van der Waals surface area (Å²) < 4.78 is 0. The molecule has 0 aromatic heterocycles. The zero-order valence-electron chi connectivity index (χ0n) is 12.7. The average molecular weight is 297 g/mol. The highest BCUT2D eigenvalue weighted by Gasteiger charge is 2.15. The van der Waals surface area contributed by atoms with Crippen molar-refractivity contribution in [3.05, 3.63) is 59.7 Å². The molecular weight excluding hydrogens is 278 g/mol. The van der Waals surface area contributed by atoms with Crippen molar-refractivity contribution in [3.8, 4) is 5.75 Å². The maximum absolute atomic E-state index is 11.8. The molecule has 0 heterocycles. The Balaban J connectivity index is 2.09. The van der Waals surface area contributed by atoms with Crippen molar-refractivity contribution in [3.63, 3.8) is 0 Å². The predicted octanol–water partition coefficient (Wildman–Crippen LogP) is 3.21. The molecule has 0 fully saturated rings. The summed E-state index contributed by atoms with van der Waals surface area (Å²) in [4.78, 5) is 23.1. The molecule has 0 aliphatic heterocycles. The molecule has 1 unspecified atom stereocenters. The highest BCUT2D eigenvalue weighted by Crippen LogP contribution is 2.16. The summed E-state index contributed by atoms with van der Waals surface area (Å²) in [6, 6.07) is 13.5. The topological polar surface area (TPSA) is 66.4 Å². The van der Waals surface area contributed by atoms with Crippen LogP contribution in [-0.2, 0) is 11.2 Å². The van der Waals surface area contributed by atoms with Gasteiger partial charge in [-0.25, -0.2) is 0 Å². The molecule has 2 aromatic carbocycles. The molecule has 0 bridgehead atoms. The first-order chi connectivity index (χ1) is 10.5. The lowest BCUT2D eigenvalue weighted by Gasteiger charge is -2.17. The third-order valence-corrected chi connectivity index (χ3v) is 3.50. The Labute approximate surface area is 129 Å². The van der Waals surface area contributed by atoms with E-state index in [4.69, 9.17) is 0 Å². The molecule has 0 aliphatic carbocycles. The van der Waals surface area contributed by atoms with Crippen LogP contribution in [0.1, 0.15) is 29.8 Å². The van der Waals surface area contributed by atoms with Crippen LogP contribution < -0.4 is 5.32 Å². The number of carbonyl (C=O) groups is 2. The number of Topliss-reactive ketones (excluding diaryl/α,β-unsaturated/α-hetero) is 2. The Bertz CT molecular complexity index is 660. The number of hydrogen-bond donors (Lipinski definition) is 2. The molecule has 0 radical (unpaired) electrons. The summed E-state index contributed by atoms with van der Waals surface area (Å²) in [6.45, 7) is 3.06. The van der Waals surface area contributed by atoms with Gasteiger partial charge in [-0.1, -0.05) is 12.1 Å². The highest BCUT2D eigenvalue weighted by molar-refractivity contribution is 5.94. The van der Waals surface area contributed by atoms with Crippen molar-refractivity contribution in [2.24, 2.45) is 0 Å². The van der Waals surface area contributed by atoms with Crippen molar-refractivity contribution >= 4 is 17.3 Å². The van der Waals surface area contributed by atoms with Gasteiger partial charge >= 0.3 is 0 Å². The van der Waals surface area contributed by atoms with Crippen LogP contribution in [0.2, 0.25) is 0 Å². The number of carbonyl (C=O) groups excluding carboxylic acids is 2. The van der Waals surface area contributed by atoms with Gasteiger partial charge in [0.1, 0.15) is 5.75 Å². The van der Waals surface area contributed by atoms with E-state index in [2.05, 4.69) is 5.32 Å². The van der Waals surface area contributed by atoms with Gasteiger partial charge < -0.3 is 10.4 Å². The van der Waals surface area contributed by atoms with Gasteiger partial charge in [-0.3, -0.25) is 9.59 Å². The molecule has 2 rings (SSSR count). The second-order valence-electron chi connectivity index (χ2n) is 5.31. The molecule has 0 aliphatic rings. The molecule has 2 aromatic rings. The van der Waals surface area contributed by atoms with Crippen molar-refractivity contribution < 1.29 is 14.7 Å². The van der Waals surface area contributed by atoms with Crippen LogP contribution in [0.4, 0.5) is 5.69 Å². The van der Waals surface area contributed by atoms with Gasteiger partial charge in [0.05, 0.1) is 6.04 Å². The first kappa shape index (κ1) is 15.8. The largest absolute Gasteiger partial charge is 0.508 e. The first-order valence-electron chi connectivity index (χ1n) is 7.11. The van der Waals surface area contributed by atoms with E-state index in [0.717, 1.165) is 11.3 Å². The summed E-state index contributed by atoms with van der Waals surface area (Å²) >= 11 is 0. The summed E-state index contributed by atoms with van der Waals surface area (Å²) in [6.07, 6.45) is 0.532. The lowest BCUT2D eigenvalue weighted by atomic mass is 10.0. The fourth-order valence-electron chi connectivity index (χ4n) is 2.17. The number of phenolic OH excluding ortho intramolecular Hbond substituents is 1. The number of rotatable bonds is 6. The van der Waals surface area contributed by atoms with E-state index in [-0.39, 0.29) is 23.4 Å². The standard InChI is InChI=1S/C18H19NO3/c1-12(20)15-5-7-16(8-6-15)19-18(13(2)21)11-14-3-9-17(22)10-4-14/h3-10,18-19,22H,11H2,1-2H3. The maximum Gasteiger partial charge on any atom is 0.159 e. The highest BCUT2D eigenvalue weighted by atomic mass is 16.3. The minimum atomic E-state index is -0.354. The van der Waals surface area contributed by atoms with E-state index in [1.54, 1.807) is 55.5 Å². The van der Waals surface area contributed by atoms with Crippen LogP contribution in [0.5, 0.6) is 5.75 Å². The van der Waals surface area contributed by atoms with Crippen LogP contribution in [-0.4, -0.2) is 22.7 Å². The zero-order valence-corrected chi connectivity index (χ0v) is 12.7. The third kappa shape index (κ3) is 4.19. The van der Waals surface area contributed by atoms with Gasteiger partial charge in [0.15, 0.2) is 11.6 Å². The van der Waals surface area contributed by atoms with E-state index in [0.29, 0.717) is 12.0 Å². The molecule has 0 saturated carbocycles. The van der Waals surface area contributed by atoms with E-state index < -0.39 is 0 Å². The summed E-state index contributed by atoms with van der Waals surface area (Å²) in [5, 5.41) is 12.5. The Morgan fingerprint density at radius 2 is 1.59 bits per heavy atom. The minimum Gasteiger partial charge on any atom is -0.508 e. The van der Waals surface area contributed by atoms with E-state index in [9.17, 15) is 14.7 Å². The van der Waals surface area contributed by atoms with Gasteiger partial charge in [-0.2, -0.15) is 0 Å². The molecule has 22 heavy (non-hydrogen) atoms. The molecule has 0 spiro atoms. The van der Waals surface area contributed by atoms with E-state index >= 15 is 0 Å². The molecular formula is C18H19NO3. The van der Waals surface area contributed by atoms with Crippen LogP contribution in [0.3, 0.4) is 0 Å². The monoisotopic (exact) mass is 297 g/mol. The number of phenols is 1. The van der Waals surface area contributed by atoms with Gasteiger partial charge in [-0.05, 0) is 62.2 Å². The number of anilines is 1. The fraction of sp³-hybridized carbons (Fsp3) is 0.222. The summed E-state index contributed by atoms with van der Waals surface area (Å²) in [5.41, 5.74) is 2.40. The van der Waals surface area contributed by atoms with Crippen LogP contribution in [0.25, 0.3) is 0 Å². The number of benzene rings is 2. The van der Waals surface area contributed by atoms with Crippen molar-refractivity contribution in [1.29, 1.82) is 0 Å². The number of ketones is 2. The van der Waals surface area contributed by atoms with E-state index in [1.807, 2.05) is 0 Å². The third-order valence-electron chi connectivity index (χ3n) is 3.50. The fourth-order valence-corrected chi connectivity index (χ4v) is 2.17. The molecule has 4 nitrogen and oxygen atoms in total. The predicted molar refractivity (Wildman–Crippen MR) is 86.3 cm³/mol. The Hall–Kier alpha value is -2.62. The van der Waals surface area contributed by atoms with Crippen LogP contribution >= 0.6 is 0 Å². The maximum atomic E-state index is 11.8. The van der Waals surface area contributed by atoms with Gasteiger partial charge in [0, 0.05) is 11.3 Å². The second kappa shape index (κ2) is 6.89. The Morgan fingerprint density at radius 1 is 1.00 bits per heavy atom. The molecule has 0 saturated heterocycles. The zero-order chi connectivity index (χ0) is 16.1. The Kier molecular flexibility index (Phi) is 4.94. The smallest absolute Gasteiger partial charge is 0.159 e. The van der Waals surface area contributed by atoms with E-state index in [1.165, 1.54) is 6.92 Å².